The van der Waals surface area contributed by atoms with Crippen molar-refractivity contribution in [2.45, 2.75) is 13.0 Å². The van der Waals surface area contributed by atoms with E-state index in [-0.39, 0.29) is 30.9 Å². The molecule has 6 heteroatoms. The van der Waals surface area contributed by atoms with Gasteiger partial charge in [0.1, 0.15) is 0 Å². The summed E-state index contributed by atoms with van der Waals surface area (Å²) in [6.45, 7) is 2.60. The first-order valence-corrected chi connectivity index (χ1v) is 4.52. The van der Waals surface area contributed by atoms with E-state index in [9.17, 15) is 4.79 Å². The average Bonchev–Trinajstić information content (AvgIpc) is 2.16. The van der Waals surface area contributed by atoms with Crippen LogP contribution < -0.4 is 16.0 Å². The van der Waals surface area contributed by atoms with Gasteiger partial charge in [-0.05, 0) is 13.0 Å². The van der Waals surface area contributed by atoms with E-state index in [1.807, 2.05) is 25.1 Å². The summed E-state index contributed by atoms with van der Waals surface area (Å²) in [5.74, 6) is 0. The molecule has 1 aromatic rings. The first-order chi connectivity index (χ1) is 6.68. The molecule has 1 aliphatic heterocycles. The third kappa shape index (κ3) is 2.71. The maximum absolute atomic E-state index is 11.2. The summed E-state index contributed by atoms with van der Waals surface area (Å²) < 4.78 is 0. The number of rotatable bonds is 0. The molecule has 0 spiro atoms. The summed E-state index contributed by atoms with van der Waals surface area (Å²) in [6, 6.07) is 8.33. The Morgan fingerprint density at radius 2 is 2.31 bits per heavy atom. The van der Waals surface area contributed by atoms with Gasteiger partial charge in [0.05, 0.1) is 11.4 Å². The number of amides is 2. The SMILES string of the molecule is CC1CN(C(N)=O)c2ccc[c]c2N1.Cl.Cl. The first-order valence-electron chi connectivity index (χ1n) is 4.52. The van der Waals surface area contributed by atoms with Crippen LogP contribution in [0.15, 0.2) is 18.2 Å². The predicted molar refractivity (Wildman–Crippen MR) is 69.8 cm³/mol. The van der Waals surface area contributed by atoms with Gasteiger partial charge in [-0.3, -0.25) is 4.90 Å². The summed E-state index contributed by atoms with van der Waals surface area (Å²) >= 11 is 0. The van der Waals surface area contributed by atoms with Gasteiger partial charge in [0.15, 0.2) is 0 Å². The van der Waals surface area contributed by atoms with E-state index < -0.39 is 6.03 Å². The number of carbonyl (C=O) groups is 1. The Labute approximate surface area is 107 Å². The third-order valence-corrected chi connectivity index (χ3v) is 2.24. The van der Waals surface area contributed by atoms with Gasteiger partial charge < -0.3 is 11.1 Å². The summed E-state index contributed by atoms with van der Waals surface area (Å²) in [4.78, 5) is 12.7. The summed E-state index contributed by atoms with van der Waals surface area (Å²) in [5.41, 5.74) is 6.93. The molecule has 0 saturated heterocycles. The Bertz CT molecular complexity index is 373. The molecule has 4 nitrogen and oxygen atoms in total. The van der Waals surface area contributed by atoms with Crippen molar-refractivity contribution in [3.63, 3.8) is 0 Å². The number of nitrogens with one attached hydrogen (secondary N) is 1. The van der Waals surface area contributed by atoms with Crippen LogP contribution in [0.3, 0.4) is 0 Å². The number of anilines is 2. The summed E-state index contributed by atoms with van der Waals surface area (Å²) in [5, 5.41) is 3.24. The molecule has 1 aromatic carbocycles. The van der Waals surface area contributed by atoms with Crippen LogP contribution in [0.2, 0.25) is 0 Å². The van der Waals surface area contributed by atoms with E-state index in [2.05, 4.69) is 11.4 Å². The number of hydrogen-bond donors (Lipinski definition) is 2. The molecule has 0 aromatic heterocycles. The molecule has 89 valence electrons. The quantitative estimate of drug-likeness (QED) is 0.752. The fourth-order valence-corrected chi connectivity index (χ4v) is 1.64. The number of benzene rings is 1. The highest BCUT2D eigenvalue weighted by Crippen LogP contribution is 2.29. The van der Waals surface area contributed by atoms with Crippen LogP contribution in [0.1, 0.15) is 6.92 Å². The van der Waals surface area contributed by atoms with Crippen LogP contribution in [0.4, 0.5) is 16.2 Å². The minimum atomic E-state index is -0.417. The smallest absolute Gasteiger partial charge is 0.319 e. The maximum atomic E-state index is 11.2. The molecule has 1 aliphatic rings. The lowest BCUT2D eigenvalue weighted by atomic mass is 10.1. The van der Waals surface area contributed by atoms with Crippen molar-refractivity contribution in [1.82, 2.24) is 0 Å². The van der Waals surface area contributed by atoms with Gasteiger partial charge >= 0.3 is 6.03 Å². The van der Waals surface area contributed by atoms with Crippen LogP contribution in [0.25, 0.3) is 0 Å². The molecule has 1 unspecified atom stereocenters. The van der Waals surface area contributed by atoms with Crippen molar-refractivity contribution < 1.29 is 4.79 Å². The Kier molecular flexibility index (Phi) is 5.41. The minimum absolute atomic E-state index is 0. The number of fused-ring (bicyclic) bond motifs is 1. The fraction of sp³-hybridized carbons (Fsp3) is 0.300. The lowest BCUT2D eigenvalue weighted by Gasteiger charge is -2.32. The number of urea groups is 1. The zero-order chi connectivity index (χ0) is 10.1. The number of halogens is 2. The van der Waals surface area contributed by atoms with Crippen LogP contribution >= 0.6 is 24.8 Å². The van der Waals surface area contributed by atoms with Crippen LogP contribution in [0, 0.1) is 6.07 Å². The number of primary amides is 1. The Hall–Kier alpha value is -1.13. The number of para-hydroxylation sites is 1. The highest BCUT2D eigenvalue weighted by Gasteiger charge is 2.23. The van der Waals surface area contributed by atoms with E-state index in [4.69, 9.17) is 5.73 Å². The van der Waals surface area contributed by atoms with E-state index in [0.717, 1.165) is 11.4 Å². The molecule has 3 N–H and O–H groups in total. The average molecular weight is 263 g/mol. The molecule has 0 bridgehead atoms. The molecule has 1 heterocycles. The standard InChI is InChI=1S/C10H12N3O.2ClH/c1-7-6-13(10(11)14)9-5-3-2-4-8(9)12-7;;/h2-3,5,7,12H,6H2,1H3,(H2,11,14);2*1H. The maximum Gasteiger partial charge on any atom is 0.319 e. The van der Waals surface area contributed by atoms with Crippen molar-refractivity contribution in [2.75, 3.05) is 16.8 Å². The Balaban J connectivity index is 0.00000112. The van der Waals surface area contributed by atoms with Crippen LogP contribution in [-0.2, 0) is 0 Å². The highest BCUT2D eigenvalue weighted by atomic mass is 35.5. The Morgan fingerprint density at radius 3 is 2.94 bits per heavy atom. The molecule has 16 heavy (non-hydrogen) atoms. The van der Waals surface area contributed by atoms with Crippen molar-refractivity contribution >= 4 is 42.2 Å². The topological polar surface area (TPSA) is 58.4 Å². The fourth-order valence-electron chi connectivity index (χ4n) is 1.64. The van der Waals surface area contributed by atoms with Gasteiger partial charge in [0.2, 0.25) is 0 Å². The van der Waals surface area contributed by atoms with E-state index in [1.54, 1.807) is 4.90 Å². The number of hydrogen-bond acceptors (Lipinski definition) is 2. The third-order valence-electron chi connectivity index (χ3n) is 2.24. The molecule has 0 fully saturated rings. The molecular weight excluding hydrogens is 249 g/mol. The largest absolute Gasteiger partial charge is 0.379 e. The zero-order valence-corrected chi connectivity index (χ0v) is 10.4. The number of carbonyl (C=O) groups excluding carboxylic acids is 1. The molecule has 2 rings (SSSR count). The van der Waals surface area contributed by atoms with Crippen molar-refractivity contribution in [1.29, 1.82) is 0 Å². The summed E-state index contributed by atoms with van der Waals surface area (Å²) in [6.07, 6.45) is 0. The van der Waals surface area contributed by atoms with E-state index in [1.165, 1.54) is 0 Å². The second-order valence-corrected chi connectivity index (χ2v) is 3.42. The van der Waals surface area contributed by atoms with Crippen LogP contribution in [0.5, 0.6) is 0 Å². The van der Waals surface area contributed by atoms with Gasteiger partial charge in [-0.15, -0.1) is 24.8 Å². The van der Waals surface area contributed by atoms with Gasteiger partial charge in [-0.25, -0.2) is 4.79 Å². The normalized spacial score (nSPS) is 17.3. The monoisotopic (exact) mass is 262 g/mol. The molecule has 1 atom stereocenters. The van der Waals surface area contributed by atoms with E-state index in [0.29, 0.717) is 6.54 Å². The molecule has 1 radical (unpaired) electrons. The Morgan fingerprint density at radius 1 is 1.62 bits per heavy atom. The highest BCUT2D eigenvalue weighted by molar-refractivity contribution is 5.95. The molecular formula is C10H14Cl2N3O. The molecule has 2 amide bonds. The lowest BCUT2D eigenvalue weighted by Crippen LogP contribution is -2.46. The van der Waals surface area contributed by atoms with Crippen LogP contribution in [-0.4, -0.2) is 18.6 Å². The minimum Gasteiger partial charge on any atom is -0.379 e. The lowest BCUT2D eigenvalue weighted by molar-refractivity contribution is 0.253. The second kappa shape index (κ2) is 5.82. The number of nitrogens with two attached hydrogens (primary N) is 1. The second-order valence-electron chi connectivity index (χ2n) is 3.42. The van der Waals surface area contributed by atoms with Crippen molar-refractivity contribution in [3.05, 3.63) is 24.3 Å². The van der Waals surface area contributed by atoms with Gasteiger partial charge in [0, 0.05) is 18.7 Å². The predicted octanol–water partition coefficient (Wildman–Crippen LogP) is 2.03. The van der Waals surface area contributed by atoms with Crippen molar-refractivity contribution in [3.8, 4) is 0 Å². The number of nitrogens with zero attached hydrogens (tertiary/aromatic N) is 1. The van der Waals surface area contributed by atoms with Crippen molar-refractivity contribution in [2.24, 2.45) is 5.73 Å². The van der Waals surface area contributed by atoms with Gasteiger partial charge in [-0.1, -0.05) is 12.1 Å². The summed E-state index contributed by atoms with van der Waals surface area (Å²) in [7, 11) is 0. The van der Waals surface area contributed by atoms with Gasteiger partial charge in [-0.2, -0.15) is 0 Å². The first kappa shape index (κ1) is 14.9. The van der Waals surface area contributed by atoms with E-state index >= 15 is 0 Å². The molecule has 0 aliphatic carbocycles. The zero-order valence-electron chi connectivity index (χ0n) is 8.77. The van der Waals surface area contributed by atoms with Gasteiger partial charge in [0.25, 0.3) is 0 Å². The molecule has 0 saturated carbocycles.